The van der Waals surface area contributed by atoms with Crippen molar-refractivity contribution in [1.82, 2.24) is 20.4 Å². The van der Waals surface area contributed by atoms with Gasteiger partial charge in [0.1, 0.15) is 6.04 Å². The zero-order valence-corrected chi connectivity index (χ0v) is 17.8. The highest BCUT2D eigenvalue weighted by molar-refractivity contribution is 5.74. The van der Waals surface area contributed by atoms with Gasteiger partial charge >= 0.3 is 6.03 Å². The number of hydrogen-bond donors (Lipinski definition) is 1. The molecule has 1 unspecified atom stereocenters. The molecular weight excluding hydrogens is 380 g/mol. The Hall–Kier alpha value is -2.41. The third-order valence-electron chi connectivity index (χ3n) is 6.15. The predicted octanol–water partition coefficient (Wildman–Crippen LogP) is 4.17. The molecule has 1 aliphatic carbocycles. The summed E-state index contributed by atoms with van der Waals surface area (Å²) in [6.07, 6.45) is 7.66. The standard InChI is InChI=1S/C23H32N4O3/c1-17-8-10-18(11-9-17)15-24-23(28)27-13-4-7-20(27)22-25-21(26-30-22)12-14-29-16-19-5-2-3-6-19/h8-11,19-20H,2-7,12-16H2,1H3,(H,24,28). The van der Waals surface area contributed by atoms with Gasteiger partial charge < -0.3 is 19.5 Å². The van der Waals surface area contributed by atoms with Gasteiger partial charge in [0.15, 0.2) is 5.82 Å². The molecule has 2 fully saturated rings. The molecule has 2 amide bonds. The van der Waals surface area contributed by atoms with Gasteiger partial charge in [-0.25, -0.2) is 4.79 Å². The Balaban J connectivity index is 1.25. The van der Waals surface area contributed by atoms with Crippen molar-refractivity contribution in [3.05, 3.63) is 47.1 Å². The number of aromatic nitrogens is 2. The first kappa shape index (κ1) is 20.8. The van der Waals surface area contributed by atoms with Crippen LogP contribution in [-0.4, -0.2) is 40.8 Å². The number of likely N-dealkylation sites (tertiary alicyclic amines) is 1. The monoisotopic (exact) mass is 412 g/mol. The first-order valence-corrected chi connectivity index (χ1v) is 11.2. The average molecular weight is 413 g/mol. The molecule has 7 nitrogen and oxygen atoms in total. The summed E-state index contributed by atoms with van der Waals surface area (Å²) in [7, 11) is 0. The van der Waals surface area contributed by atoms with Crippen molar-refractivity contribution >= 4 is 6.03 Å². The van der Waals surface area contributed by atoms with E-state index in [2.05, 4.69) is 34.5 Å². The molecular formula is C23H32N4O3. The van der Waals surface area contributed by atoms with Crippen LogP contribution in [-0.2, 0) is 17.7 Å². The van der Waals surface area contributed by atoms with E-state index in [1.54, 1.807) is 0 Å². The normalized spacial score (nSPS) is 19.5. The fourth-order valence-electron chi connectivity index (χ4n) is 4.35. The van der Waals surface area contributed by atoms with Gasteiger partial charge in [-0.3, -0.25) is 0 Å². The lowest BCUT2D eigenvalue weighted by Crippen LogP contribution is -2.39. The molecule has 2 heterocycles. The molecule has 2 aromatic rings. The Kier molecular flexibility index (Phi) is 7.00. The molecule has 0 radical (unpaired) electrons. The number of urea groups is 1. The molecule has 0 bridgehead atoms. The summed E-state index contributed by atoms with van der Waals surface area (Å²) in [5, 5.41) is 7.11. The summed E-state index contributed by atoms with van der Waals surface area (Å²) >= 11 is 0. The van der Waals surface area contributed by atoms with Crippen LogP contribution in [0.3, 0.4) is 0 Å². The third kappa shape index (κ3) is 5.39. The zero-order valence-electron chi connectivity index (χ0n) is 17.8. The Labute approximate surface area is 178 Å². The summed E-state index contributed by atoms with van der Waals surface area (Å²) in [6, 6.07) is 7.95. The maximum atomic E-state index is 12.7. The van der Waals surface area contributed by atoms with Crippen LogP contribution >= 0.6 is 0 Å². The Bertz CT molecular complexity index is 814. The summed E-state index contributed by atoms with van der Waals surface area (Å²) in [5.41, 5.74) is 2.29. The van der Waals surface area contributed by atoms with Crippen molar-refractivity contribution in [3.63, 3.8) is 0 Å². The Morgan fingerprint density at radius 3 is 2.80 bits per heavy atom. The number of carbonyl (C=O) groups is 1. The number of nitrogens with one attached hydrogen (secondary N) is 1. The van der Waals surface area contributed by atoms with Crippen LogP contribution in [0.25, 0.3) is 0 Å². The van der Waals surface area contributed by atoms with E-state index in [-0.39, 0.29) is 12.1 Å². The molecule has 7 heteroatoms. The number of benzene rings is 1. The van der Waals surface area contributed by atoms with Crippen LogP contribution in [0.2, 0.25) is 0 Å². The fraction of sp³-hybridized carbons (Fsp3) is 0.609. The van der Waals surface area contributed by atoms with E-state index >= 15 is 0 Å². The second kappa shape index (κ2) is 10.1. The molecule has 1 aromatic heterocycles. The molecule has 30 heavy (non-hydrogen) atoms. The van der Waals surface area contributed by atoms with E-state index in [1.807, 2.05) is 17.0 Å². The van der Waals surface area contributed by atoms with Gasteiger partial charge in [0.25, 0.3) is 0 Å². The van der Waals surface area contributed by atoms with Crippen LogP contribution in [0.1, 0.15) is 67.4 Å². The number of ether oxygens (including phenoxy) is 1. The van der Waals surface area contributed by atoms with Crippen LogP contribution in [0.15, 0.2) is 28.8 Å². The smallest absolute Gasteiger partial charge is 0.318 e. The van der Waals surface area contributed by atoms with Crippen LogP contribution in [0.5, 0.6) is 0 Å². The van der Waals surface area contributed by atoms with Gasteiger partial charge in [0, 0.05) is 26.1 Å². The summed E-state index contributed by atoms with van der Waals surface area (Å²) in [5.74, 6) is 1.91. The molecule has 1 N–H and O–H groups in total. The Morgan fingerprint density at radius 1 is 1.20 bits per heavy atom. The minimum absolute atomic E-state index is 0.0854. The number of nitrogens with zero attached hydrogens (tertiary/aromatic N) is 3. The molecule has 1 saturated carbocycles. The van der Waals surface area contributed by atoms with E-state index < -0.39 is 0 Å². The Morgan fingerprint density at radius 2 is 2.00 bits per heavy atom. The maximum Gasteiger partial charge on any atom is 0.318 e. The van der Waals surface area contributed by atoms with Crippen molar-refractivity contribution in [1.29, 1.82) is 0 Å². The third-order valence-corrected chi connectivity index (χ3v) is 6.15. The number of carbonyl (C=O) groups excluding carboxylic acids is 1. The molecule has 1 aliphatic heterocycles. The van der Waals surface area contributed by atoms with E-state index in [0.29, 0.717) is 37.8 Å². The van der Waals surface area contributed by atoms with Crippen molar-refractivity contribution in [2.45, 2.75) is 64.5 Å². The first-order valence-electron chi connectivity index (χ1n) is 11.2. The second-order valence-corrected chi connectivity index (χ2v) is 8.52. The lowest BCUT2D eigenvalue weighted by atomic mass is 10.1. The molecule has 4 rings (SSSR count). The topological polar surface area (TPSA) is 80.5 Å². The van der Waals surface area contributed by atoms with Crippen LogP contribution in [0.4, 0.5) is 4.79 Å². The molecule has 2 aliphatic rings. The van der Waals surface area contributed by atoms with Crippen LogP contribution < -0.4 is 5.32 Å². The number of rotatable bonds is 8. The predicted molar refractivity (Wildman–Crippen MR) is 113 cm³/mol. The minimum atomic E-state index is -0.149. The highest BCUT2D eigenvalue weighted by Gasteiger charge is 2.34. The quantitative estimate of drug-likeness (QED) is 0.658. The van der Waals surface area contributed by atoms with Gasteiger partial charge in [-0.05, 0) is 44.1 Å². The lowest BCUT2D eigenvalue weighted by molar-refractivity contribution is 0.102. The summed E-state index contributed by atoms with van der Waals surface area (Å²) < 4.78 is 11.3. The summed E-state index contributed by atoms with van der Waals surface area (Å²) in [4.78, 5) is 19.1. The highest BCUT2D eigenvalue weighted by atomic mass is 16.5. The molecule has 162 valence electrons. The van der Waals surface area contributed by atoms with E-state index in [0.717, 1.165) is 30.9 Å². The van der Waals surface area contributed by atoms with E-state index in [4.69, 9.17) is 9.26 Å². The van der Waals surface area contributed by atoms with Gasteiger partial charge in [0.2, 0.25) is 5.89 Å². The largest absolute Gasteiger partial charge is 0.381 e. The van der Waals surface area contributed by atoms with Crippen molar-refractivity contribution in [2.75, 3.05) is 19.8 Å². The molecule has 0 spiro atoms. The number of aryl methyl sites for hydroxylation is 1. The van der Waals surface area contributed by atoms with E-state index in [9.17, 15) is 4.79 Å². The van der Waals surface area contributed by atoms with Crippen molar-refractivity contribution in [3.8, 4) is 0 Å². The van der Waals surface area contributed by atoms with Crippen LogP contribution in [0, 0.1) is 12.8 Å². The van der Waals surface area contributed by atoms with Gasteiger partial charge in [0.05, 0.1) is 6.61 Å². The minimum Gasteiger partial charge on any atom is -0.381 e. The van der Waals surface area contributed by atoms with Gasteiger partial charge in [-0.15, -0.1) is 0 Å². The van der Waals surface area contributed by atoms with Gasteiger partial charge in [-0.2, -0.15) is 4.98 Å². The van der Waals surface area contributed by atoms with Crippen molar-refractivity contribution < 1.29 is 14.1 Å². The maximum absolute atomic E-state index is 12.7. The highest BCUT2D eigenvalue weighted by Crippen LogP contribution is 2.31. The number of amides is 2. The molecule has 1 aromatic carbocycles. The zero-order chi connectivity index (χ0) is 20.8. The molecule has 1 atom stereocenters. The first-order chi connectivity index (χ1) is 14.7. The van der Waals surface area contributed by atoms with Crippen molar-refractivity contribution in [2.24, 2.45) is 5.92 Å². The lowest BCUT2D eigenvalue weighted by Gasteiger charge is -2.22. The average Bonchev–Trinajstić information content (AvgIpc) is 3.52. The number of hydrogen-bond acceptors (Lipinski definition) is 5. The molecule has 1 saturated heterocycles. The second-order valence-electron chi connectivity index (χ2n) is 8.52. The van der Waals surface area contributed by atoms with Gasteiger partial charge in [-0.1, -0.05) is 47.8 Å². The summed E-state index contributed by atoms with van der Waals surface area (Å²) in [6.45, 7) is 4.71. The SMILES string of the molecule is Cc1ccc(CNC(=O)N2CCCC2c2nc(CCOCC3CCCC3)no2)cc1. The van der Waals surface area contributed by atoms with E-state index in [1.165, 1.54) is 31.2 Å². The fourth-order valence-corrected chi connectivity index (χ4v) is 4.35.